The quantitative estimate of drug-likeness (QED) is 0.695. The van der Waals surface area contributed by atoms with Crippen LogP contribution in [-0.4, -0.2) is 35.9 Å². The van der Waals surface area contributed by atoms with E-state index in [-0.39, 0.29) is 0 Å². The summed E-state index contributed by atoms with van der Waals surface area (Å²) in [5, 5.41) is 0. The van der Waals surface area contributed by atoms with Crippen molar-refractivity contribution in [2.45, 2.75) is 85.5 Å². The molecule has 1 heterocycles. The predicted octanol–water partition coefficient (Wildman–Crippen LogP) is 4.44. The highest BCUT2D eigenvalue weighted by Gasteiger charge is 2.75. The lowest BCUT2D eigenvalue weighted by molar-refractivity contribution is -1.01. The van der Waals surface area contributed by atoms with E-state index in [1.165, 1.54) is 19.3 Å². The Morgan fingerprint density at radius 1 is 1.10 bits per heavy atom. The molecule has 2 nitrogen and oxygen atoms in total. The number of ether oxygens (including phenoxy) is 1. The molecule has 0 spiro atoms. The summed E-state index contributed by atoms with van der Waals surface area (Å²) in [6.07, 6.45) is 4.24. The van der Waals surface area contributed by atoms with E-state index in [1.54, 1.807) is 0 Å². The van der Waals surface area contributed by atoms with Crippen molar-refractivity contribution < 1.29 is 9.22 Å². The average Bonchev–Trinajstić information content (AvgIpc) is 3.09. The molecular formula is C18H36NO+. The van der Waals surface area contributed by atoms with Crippen LogP contribution in [0.4, 0.5) is 0 Å². The molecule has 1 aliphatic heterocycles. The summed E-state index contributed by atoms with van der Waals surface area (Å²) in [5.74, 6) is 1.38. The maximum absolute atomic E-state index is 6.31. The van der Waals surface area contributed by atoms with E-state index < -0.39 is 0 Å². The van der Waals surface area contributed by atoms with Gasteiger partial charge in [0.1, 0.15) is 5.54 Å². The third kappa shape index (κ3) is 1.83. The minimum absolute atomic E-state index is 0.311. The Balaban J connectivity index is 2.45. The van der Waals surface area contributed by atoms with Gasteiger partial charge >= 0.3 is 0 Å². The summed E-state index contributed by atoms with van der Waals surface area (Å²) in [4.78, 5) is 0. The van der Waals surface area contributed by atoms with Crippen LogP contribution in [0.1, 0.15) is 67.7 Å². The summed E-state index contributed by atoms with van der Waals surface area (Å²) < 4.78 is 7.42. The monoisotopic (exact) mass is 282 g/mol. The molecule has 1 saturated carbocycles. The van der Waals surface area contributed by atoms with E-state index in [4.69, 9.17) is 4.74 Å². The fourth-order valence-electron chi connectivity index (χ4n) is 5.33. The summed E-state index contributed by atoms with van der Waals surface area (Å²) in [6, 6.07) is 0.663. The van der Waals surface area contributed by atoms with Crippen LogP contribution >= 0.6 is 0 Å². The topological polar surface area (TPSA) is 9.23 Å². The van der Waals surface area contributed by atoms with Crippen molar-refractivity contribution in [3.63, 3.8) is 0 Å². The number of hydrogen-bond donors (Lipinski definition) is 0. The van der Waals surface area contributed by atoms with Crippen molar-refractivity contribution in [1.29, 1.82) is 0 Å². The van der Waals surface area contributed by atoms with Gasteiger partial charge in [-0.25, -0.2) is 0 Å². The standard InChI is InChI=1S/C18H36NO/c1-9-17(7)12-18(17,10-2)19(8)15(5)14(4)13(3)11-20-16(19)6/h13-16H,9-12H2,1-8H3/q+1/t13-,14?,15?,16?,17?,18?,19?/m1/s1. The normalized spacial score (nSPS) is 56.4. The number of quaternary nitrogens is 1. The molecule has 0 aromatic rings. The molecule has 0 N–H and O–H groups in total. The van der Waals surface area contributed by atoms with Crippen molar-refractivity contribution in [3.05, 3.63) is 0 Å². The Morgan fingerprint density at radius 2 is 1.70 bits per heavy atom. The van der Waals surface area contributed by atoms with Gasteiger partial charge in [-0.15, -0.1) is 0 Å². The molecule has 118 valence electrons. The zero-order valence-corrected chi connectivity index (χ0v) is 15.0. The smallest absolute Gasteiger partial charge is 0.190 e. The first-order chi connectivity index (χ1) is 9.20. The van der Waals surface area contributed by atoms with Gasteiger partial charge < -0.3 is 4.74 Å². The lowest BCUT2D eigenvalue weighted by Crippen LogP contribution is -2.66. The van der Waals surface area contributed by atoms with E-state index in [2.05, 4.69) is 55.5 Å². The molecule has 1 saturated heterocycles. The van der Waals surface area contributed by atoms with Gasteiger partial charge in [0, 0.05) is 31.1 Å². The van der Waals surface area contributed by atoms with Gasteiger partial charge in [0.25, 0.3) is 0 Å². The molecule has 0 bridgehead atoms. The summed E-state index contributed by atoms with van der Waals surface area (Å²) in [5.41, 5.74) is 0.911. The van der Waals surface area contributed by atoms with E-state index >= 15 is 0 Å². The third-order valence-electron chi connectivity index (χ3n) is 7.83. The molecule has 6 unspecified atom stereocenters. The van der Waals surface area contributed by atoms with Crippen LogP contribution in [-0.2, 0) is 4.74 Å². The van der Waals surface area contributed by atoms with Gasteiger partial charge in [-0.1, -0.05) is 34.6 Å². The third-order valence-corrected chi connectivity index (χ3v) is 7.83. The van der Waals surface area contributed by atoms with Gasteiger partial charge in [0.2, 0.25) is 0 Å². The number of rotatable bonds is 3. The SMILES string of the molecule is CCC1(C)CC1(CC)[N+]1(C)C(C)OC[C@@H](C)C(C)C1C. The Bertz CT molecular complexity index is 370. The van der Waals surface area contributed by atoms with E-state index in [0.717, 1.165) is 17.0 Å². The Morgan fingerprint density at radius 3 is 2.15 bits per heavy atom. The maximum Gasteiger partial charge on any atom is 0.190 e. The molecule has 0 aromatic carbocycles. The molecule has 7 atom stereocenters. The first-order valence-corrected chi connectivity index (χ1v) is 8.67. The van der Waals surface area contributed by atoms with Crippen LogP contribution in [0.3, 0.4) is 0 Å². The van der Waals surface area contributed by atoms with Crippen LogP contribution in [0, 0.1) is 17.3 Å². The first-order valence-electron chi connectivity index (χ1n) is 8.67. The van der Waals surface area contributed by atoms with Crippen molar-refractivity contribution in [1.82, 2.24) is 0 Å². The highest BCUT2D eigenvalue weighted by atomic mass is 16.5. The summed E-state index contributed by atoms with van der Waals surface area (Å²) in [6.45, 7) is 17.7. The maximum atomic E-state index is 6.31. The van der Waals surface area contributed by atoms with Crippen LogP contribution < -0.4 is 0 Å². The van der Waals surface area contributed by atoms with Gasteiger partial charge in [0.15, 0.2) is 6.23 Å². The molecule has 1 aliphatic carbocycles. The van der Waals surface area contributed by atoms with Gasteiger partial charge in [-0.3, -0.25) is 4.48 Å². The van der Waals surface area contributed by atoms with Crippen LogP contribution in [0.2, 0.25) is 0 Å². The predicted molar refractivity (Wildman–Crippen MR) is 85.4 cm³/mol. The average molecular weight is 282 g/mol. The zero-order chi connectivity index (χ0) is 15.3. The van der Waals surface area contributed by atoms with Gasteiger partial charge in [-0.05, 0) is 19.3 Å². The molecule has 20 heavy (non-hydrogen) atoms. The lowest BCUT2D eigenvalue weighted by Gasteiger charge is -2.52. The second-order valence-corrected chi connectivity index (χ2v) is 8.13. The van der Waals surface area contributed by atoms with E-state index in [0.29, 0.717) is 29.1 Å². The second kappa shape index (κ2) is 4.98. The highest BCUT2D eigenvalue weighted by molar-refractivity contribution is 5.14. The van der Waals surface area contributed by atoms with Crippen molar-refractivity contribution in [2.24, 2.45) is 17.3 Å². The Labute approximate surface area is 126 Å². The summed E-state index contributed by atoms with van der Waals surface area (Å²) >= 11 is 0. The van der Waals surface area contributed by atoms with Crippen molar-refractivity contribution in [3.8, 4) is 0 Å². The Kier molecular flexibility index (Phi) is 4.06. The van der Waals surface area contributed by atoms with Gasteiger partial charge in [-0.2, -0.15) is 0 Å². The zero-order valence-electron chi connectivity index (χ0n) is 15.0. The first kappa shape index (κ1) is 16.3. The van der Waals surface area contributed by atoms with Crippen LogP contribution in [0.5, 0.6) is 0 Å². The van der Waals surface area contributed by atoms with Crippen LogP contribution in [0.25, 0.3) is 0 Å². The van der Waals surface area contributed by atoms with Crippen molar-refractivity contribution >= 4 is 0 Å². The molecule has 2 fully saturated rings. The van der Waals surface area contributed by atoms with Crippen LogP contribution in [0.15, 0.2) is 0 Å². The molecule has 0 radical (unpaired) electrons. The molecule has 0 aromatic heterocycles. The Hall–Kier alpha value is -0.0800. The largest absolute Gasteiger partial charge is 0.329 e. The summed E-state index contributed by atoms with van der Waals surface area (Å²) in [7, 11) is 2.48. The minimum Gasteiger partial charge on any atom is -0.329 e. The number of nitrogens with zero attached hydrogens (tertiary/aromatic N) is 1. The lowest BCUT2D eigenvalue weighted by atomic mass is 9.84. The van der Waals surface area contributed by atoms with Crippen molar-refractivity contribution in [2.75, 3.05) is 13.7 Å². The molecule has 0 amide bonds. The van der Waals surface area contributed by atoms with Gasteiger partial charge in [0.05, 0.1) is 19.7 Å². The molecule has 2 heteroatoms. The fourth-order valence-corrected chi connectivity index (χ4v) is 5.33. The molecule has 2 rings (SSSR count). The van der Waals surface area contributed by atoms with E-state index in [1.807, 2.05) is 0 Å². The number of hydrogen-bond acceptors (Lipinski definition) is 1. The van der Waals surface area contributed by atoms with E-state index in [9.17, 15) is 0 Å². The second-order valence-electron chi connectivity index (χ2n) is 8.13. The molecular weight excluding hydrogens is 246 g/mol. The highest BCUT2D eigenvalue weighted by Crippen LogP contribution is 2.68. The molecule has 2 aliphatic rings. The minimum atomic E-state index is 0.311. The fraction of sp³-hybridized carbons (Fsp3) is 1.00.